The van der Waals surface area contributed by atoms with Crippen LogP contribution in [0.2, 0.25) is 4.34 Å². The Morgan fingerprint density at radius 3 is 2.86 bits per heavy atom. The van der Waals surface area contributed by atoms with Gasteiger partial charge < -0.3 is 5.11 Å². The van der Waals surface area contributed by atoms with E-state index in [2.05, 4.69) is 0 Å². The molecular weight excluding hydrogens is 222 g/mol. The molecule has 1 unspecified atom stereocenters. The van der Waals surface area contributed by atoms with Crippen molar-refractivity contribution in [3.63, 3.8) is 0 Å². The fourth-order valence-electron chi connectivity index (χ4n) is 1.08. The highest BCUT2D eigenvalue weighted by Gasteiger charge is 2.13. The SMILES string of the molecule is N#CC(CC(=O)O)Cc1ccc(Cl)s1. The maximum atomic E-state index is 10.4. The second-order valence-corrected chi connectivity index (χ2v) is 4.63. The van der Waals surface area contributed by atoms with Gasteiger partial charge in [0.15, 0.2) is 0 Å². The number of hydrogen-bond acceptors (Lipinski definition) is 3. The Hall–Kier alpha value is -1.05. The van der Waals surface area contributed by atoms with Crippen LogP contribution in [0.4, 0.5) is 0 Å². The predicted molar refractivity (Wildman–Crippen MR) is 54.4 cm³/mol. The maximum absolute atomic E-state index is 10.4. The molecule has 0 saturated heterocycles. The van der Waals surface area contributed by atoms with E-state index in [0.29, 0.717) is 10.8 Å². The van der Waals surface area contributed by atoms with Gasteiger partial charge in [-0.1, -0.05) is 11.6 Å². The molecule has 0 spiro atoms. The molecule has 1 heterocycles. The molecule has 0 aliphatic carbocycles. The third-order valence-electron chi connectivity index (χ3n) is 1.68. The van der Waals surface area contributed by atoms with Crippen molar-refractivity contribution >= 4 is 28.9 Å². The molecule has 0 amide bonds. The first-order chi connectivity index (χ1) is 6.61. The maximum Gasteiger partial charge on any atom is 0.304 e. The van der Waals surface area contributed by atoms with E-state index >= 15 is 0 Å². The van der Waals surface area contributed by atoms with E-state index in [1.165, 1.54) is 11.3 Å². The summed E-state index contributed by atoms with van der Waals surface area (Å²) in [5.74, 6) is -1.42. The molecule has 0 aliphatic rings. The molecule has 1 N–H and O–H groups in total. The largest absolute Gasteiger partial charge is 0.481 e. The lowest BCUT2D eigenvalue weighted by atomic mass is 10.0. The van der Waals surface area contributed by atoms with Gasteiger partial charge in [-0.2, -0.15) is 5.26 Å². The molecule has 74 valence electrons. The second-order valence-electron chi connectivity index (χ2n) is 2.83. The zero-order chi connectivity index (χ0) is 10.6. The van der Waals surface area contributed by atoms with E-state index in [9.17, 15) is 4.79 Å². The number of carboxylic acids is 1. The van der Waals surface area contributed by atoms with Crippen LogP contribution >= 0.6 is 22.9 Å². The lowest BCUT2D eigenvalue weighted by molar-refractivity contribution is -0.137. The summed E-state index contributed by atoms with van der Waals surface area (Å²) in [4.78, 5) is 11.3. The van der Waals surface area contributed by atoms with Gasteiger partial charge in [0.05, 0.1) is 22.7 Å². The zero-order valence-electron chi connectivity index (χ0n) is 7.24. The van der Waals surface area contributed by atoms with Crippen LogP contribution in [0.25, 0.3) is 0 Å². The van der Waals surface area contributed by atoms with Crippen molar-refractivity contribution in [1.82, 2.24) is 0 Å². The van der Waals surface area contributed by atoms with Crippen LogP contribution in [-0.4, -0.2) is 11.1 Å². The number of thiophene rings is 1. The average Bonchev–Trinajstić information content (AvgIpc) is 2.49. The Bertz CT molecular complexity index is 369. The molecular formula is C9H8ClNO2S. The fourth-order valence-corrected chi connectivity index (χ4v) is 2.25. The zero-order valence-corrected chi connectivity index (χ0v) is 8.81. The Kier molecular flexibility index (Phi) is 3.93. The fraction of sp³-hybridized carbons (Fsp3) is 0.333. The van der Waals surface area contributed by atoms with Crippen molar-refractivity contribution in [2.45, 2.75) is 12.8 Å². The van der Waals surface area contributed by atoms with E-state index in [0.717, 1.165) is 4.88 Å². The van der Waals surface area contributed by atoms with Crippen molar-refractivity contribution in [2.75, 3.05) is 0 Å². The minimum Gasteiger partial charge on any atom is -0.481 e. The Labute approximate surface area is 90.5 Å². The number of nitriles is 1. The van der Waals surface area contributed by atoms with Gasteiger partial charge in [0, 0.05) is 4.88 Å². The monoisotopic (exact) mass is 229 g/mol. The van der Waals surface area contributed by atoms with Crippen LogP contribution in [0.1, 0.15) is 11.3 Å². The molecule has 1 aromatic heterocycles. The Morgan fingerprint density at radius 1 is 1.71 bits per heavy atom. The van der Waals surface area contributed by atoms with Crippen molar-refractivity contribution in [3.8, 4) is 6.07 Å². The van der Waals surface area contributed by atoms with Crippen molar-refractivity contribution < 1.29 is 9.90 Å². The average molecular weight is 230 g/mol. The predicted octanol–water partition coefficient (Wildman–Crippen LogP) is 2.56. The minimum atomic E-state index is -0.945. The molecule has 1 aromatic rings. The molecule has 0 bridgehead atoms. The first-order valence-electron chi connectivity index (χ1n) is 3.97. The van der Waals surface area contributed by atoms with Crippen molar-refractivity contribution in [2.24, 2.45) is 5.92 Å². The third-order valence-corrected chi connectivity index (χ3v) is 2.93. The van der Waals surface area contributed by atoms with Crippen LogP contribution in [0.5, 0.6) is 0 Å². The molecule has 0 aliphatic heterocycles. The van der Waals surface area contributed by atoms with Gasteiger partial charge in [-0.25, -0.2) is 0 Å². The molecule has 1 atom stereocenters. The first-order valence-corrected chi connectivity index (χ1v) is 5.17. The van der Waals surface area contributed by atoms with Crippen molar-refractivity contribution in [3.05, 3.63) is 21.3 Å². The number of halogens is 1. The normalized spacial score (nSPS) is 12.0. The lowest BCUT2D eigenvalue weighted by Crippen LogP contribution is -2.07. The standard InChI is InChI=1S/C9H8ClNO2S/c10-8-2-1-7(14-8)3-6(5-11)4-9(12)13/h1-2,6H,3-4H2,(H,12,13). The summed E-state index contributed by atoms with van der Waals surface area (Å²) in [7, 11) is 0. The molecule has 0 saturated carbocycles. The van der Waals surface area contributed by atoms with E-state index in [1.807, 2.05) is 12.1 Å². The Morgan fingerprint density at radius 2 is 2.43 bits per heavy atom. The van der Waals surface area contributed by atoms with Crippen LogP contribution in [0.15, 0.2) is 12.1 Å². The highest BCUT2D eigenvalue weighted by atomic mass is 35.5. The second kappa shape index (κ2) is 4.99. The van der Waals surface area contributed by atoms with E-state index < -0.39 is 11.9 Å². The van der Waals surface area contributed by atoms with Gasteiger partial charge in [0.1, 0.15) is 0 Å². The summed E-state index contributed by atoms with van der Waals surface area (Å²) >= 11 is 7.09. The summed E-state index contributed by atoms with van der Waals surface area (Å²) in [6, 6.07) is 5.54. The topological polar surface area (TPSA) is 61.1 Å². The smallest absolute Gasteiger partial charge is 0.304 e. The van der Waals surface area contributed by atoms with Crippen LogP contribution in [0, 0.1) is 17.2 Å². The van der Waals surface area contributed by atoms with Gasteiger partial charge in [-0.3, -0.25) is 4.79 Å². The summed E-state index contributed by atoms with van der Waals surface area (Å²) < 4.78 is 0.659. The highest BCUT2D eigenvalue weighted by molar-refractivity contribution is 7.16. The molecule has 3 nitrogen and oxygen atoms in total. The number of nitrogens with zero attached hydrogens (tertiary/aromatic N) is 1. The third kappa shape index (κ3) is 3.36. The summed E-state index contributed by atoms with van der Waals surface area (Å²) in [6.45, 7) is 0. The number of hydrogen-bond donors (Lipinski definition) is 1. The first kappa shape index (κ1) is 11.0. The van der Waals surface area contributed by atoms with Gasteiger partial charge in [-0.05, 0) is 18.6 Å². The molecule has 0 radical (unpaired) electrons. The van der Waals surface area contributed by atoms with E-state index in [1.54, 1.807) is 6.07 Å². The lowest BCUT2D eigenvalue weighted by Gasteiger charge is -2.02. The van der Waals surface area contributed by atoms with Crippen LogP contribution in [-0.2, 0) is 11.2 Å². The van der Waals surface area contributed by atoms with E-state index in [-0.39, 0.29) is 6.42 Å². The number of aliphatic carboxylic acids is 1. The number of rotatable bonds is 4. The van der Waals surface area contributed by atoms with Crippen LogP contribution in [0.3, 0.4) is 0 Å². The van der Waals surface area contributed by atoms with Gasteiger partial charge in [0.25, 0.3) is 0 Å². The minimum absolute atomic E-state index is 0.119. The summed E-state index contributed by atoms with van der Waals surface area (Å²) in [5.41, 5.74) is 0. The Balaban J connectivity index is 2.58. The molecule has 0 aromatic carbocycles. The summed E-state index contributed by atoms with van der Waals surface area (Å²) in [6.07, 6.45) is 0.339. The molecule has 0 fully saturated rings. The van der Waals surface area contributed by atoms with Gasteiger partial charge >= 0.3 is 5.97 Å². The molecule has 14 heavy (non-hydrogen) atoms. The van der Waals surface area contributed by atoms with Gasteiger partial charge in [0.2, 0.25) is 0 Å². The molecule has 1 rings (SSSR count). The summed E-state index contributed by atoms with van der Waals surface area (Å²) in [5, 5.41) is 17.2. The quantitative estimate of drug-likeness (QED) is 0.863. The number of carbonyl (C=O) groups is 1. The van der Waals surface area contributed by atoms with E-state index in [4.69, 9.17) is 22.0 Å². The van der Waals surface area contributed by atoms with Crippen molar-refractivity contribution in [1.29, 1.82) is 5.26 Å². The van der Waals surface area contributed by atoms with Gasteiger partial charge in [-0.15, -0.1) is 11.3 Å². The highest BCUT2D eigenvalue weighted by Crippen LogP contribution is 2.24. The number of carboxylic acid groups (broad SMARTS) is 1. The van der Waals surface area contributed by atoms with Crippen LogP contribution < -0.4 is 0 Å². The molecule has 5 heteroatoms.